The van der Waals surface area contributed by atoms with E-state index in [2.05, 4.69) is 20.3 Å². The average molecular weight is 426 g/mol. The third kappa shape index (κ3) is 4.28. The minimum Gasteiger partial charge on any atom is -0.346 e. The second kappa shape index (κ2) is 8.54. The lowest BCUT2D eigenvalue weighted by Gasteiger charge is -2.16. The molecule has 1 saturated heterocycles. The number of benzene rings is 1. The van der Waals surface area contributed by atoms with E-state index in [4.69, 9.17) is 0 Å². The van der Waals surface area contributed by atoms with E-state index in [1.165, 1.54) is 29.8 Å². The van der Waals surface area contributed by atoms with Gasteiger partial charge in [0.2, 0.25) is 0 Å². The van der Waals surface area contributed by atoms with Crippen LogP contribution in [0.5, 0.6) is 0 Å². The Labute approximate surface area is 176 Å². The van der Waals surface area contributed by atoms with Crippen LogP contribution in [0.3, 0.4) is 0 Å². The summed E-state index contributed by atoms with van der Waals surface area (Å²) in [6, 6.07) is 7.64. The largest absolute Gasteiger partial charge is 0.346 e. The Kier molecular flexibility index (Phi) is 5.66. The molecule has 1 aliphatic rings. The molecular formula is C20H19FN6O2S. The number of aryl methyl sites for hydroxylation is 1. The zero-order valence-corrected chi connectivity index (χ0v) is 17.0. The smallest absolute Gasteiger partial charge is 0.326 e. The standard InChI is InChI=1S/C20H19FN6O2S/c1-13-17(18(28)23-10-16-6-7-22-12-24-16)30-19(25-13)27-9-8-26(20(27)29)11-14-2-4-15(21)5-3-14/h2-7,12H,8-11H2,1H3,(H,23,28). The van der Waals surface area contributed by atoms with Crippen molar-refractivity contribution in [2.75, 3.05) is 18.0 Å². The Hall–Kier alpha value is -3.40. The first-order chi connectivity index (χ1) is 14.5. The van der Waals surface area contributed by atoms with E-state index in [9.17, 15) is 14.0 Å². The fourth-order valence-electron chi connectivity index (χ4n) is 3.10. The normalized spacial score (nSPS) is 13.7. The summed E-state index contributed by atoms with van der Waals surface area (Å²) >= 11 is 1.19. The second-order valence-corrected chi connectivity index (χ2v) is 7.75. The Morgan fingerprint density at radius 3 is 2.77 bits per heavy atom. The molecular weight excluding hydrogens is 407 g/mol. The van der Waals surface area contributed by atoms with Crippen molar-refractivity contribution < 1.29 is 14.0 Å². The number of urea groups is 1. The number of carbonyl (C=O) groups is 2. The fraction of sp³-hybridized carbons (Fsp3) is 0.250. The average Bonchev–Trinajstić information content (AvgIpc) is 3.31. The second-order valence-electron chi connectivity index (χ2n) is 6.78. The predicted octanol–water partition coefficient (Wildman–Crippen LogP) is 2.75. The van der Waals surface area contributed by atoms with Gasteiger partial charge < -0.3 is 10.2 Å². The van der Waals surface area contributed by atoms with Crippen LogP contribution in [0.1, 0.15) is 26.6 Å². The molecule has 154 valence electrons. The highest BCUT2D eigenvalue weighted by Gasteiger charge is 2.32. The third-order valence-corrected chi connectivity index (χ3v) is 5.86. The minimum absolute atomic E-state index is 0.180. The number of thiazole rings is 1. The molecule has 1 aromatic carbocycles. The number of halogens is 1. The Morgan fingerprint density at radius 1 is 1.23 bits per heavy atom. The van der Waals surface area contributed by atoms with Crippen LogP contribution >= 0.6 is 11.3 Å². The number of carbonyl (C=O) groups excluding carboxylic acids is 2. The molecule has 10 heteroatoms. The maximum atomic E-state index is 13.1. The number of nitrogens with one attached hydrogen (secondary N) is 1. The molecule has 0 saturated carbocycles. The van der Waals surface area contributed by atoms with Crippen LogP contribution in [0.2, 0.25) is 0 Å². The summed E-state index contributed by atoms with van der Waals surface area (Å²) in [6.45, 7) is 3.43. The van der Waals surface area contributed by atoms with Crippen LogP contribution in [-0.2, 0) is 13.1 Å². The Bertz CT molecular complexity index is 1060. The number of aromatic nitrogens is 3. The van der Waals surface area contributed by atoms with Gasteiger partial charge in [0.05, 0.1) is 17.9 Å². The van der Waals surface area contributed by atoms with Gasteiger partial charge in [0.15, 0.2) is 5.13 Å². The quantitative estimate of drug-likeness (QED) is 0.655. The highest BCUT2D eigenvalue weighted by atomic mass is 32.1. The molecule has 1 fully saturated rings. The molecule has 3 aromatic rings. The molecule has 0 spiro atoms. The number of rotatable bonds is 6. The third-order valence-electron chi connectivity index (χ3n) is 4.68. The van der Waals surface area contributed by atoms with E-state index in [1.54, 1.807) is 41.1 Å². The summed E-state index contributed by atoms with van der Waals surface area (Å²) in [4.78, 5) is 41.4. The Balaban J connectivity index is 1.41. The van der Waals surface area contributed by atoms with Crippen molar-refractivity contribution in [2.24, 2.45) is 0 Å². The molecule has 3 heterocycles. The molecule has 2 aromatic heterocycles. The number of anilines is 1. The van der Waals surface area contributed by atoms with Crippen LogP contribution in [0.15, 0.2) is 42.9 Å². The van der Waals surface area contributed by atoms with Gasteiger partial charge in [-0.05, 0) is 30.7 Å². The zero-order chi connectivity index (χ0) is 21.1. The topological polar surface area (TPSA) is 91.3 Å². The first kappa shape index (κ1) is 19.9. The highest BCUT2D eigenvalue weighted by molar-refractivity contribution is 7.17. The van der Waals surface area contributed by atoms with E-state index in [1.807, 2.05) is 0 Å². The molecule has 0 bridgehead atoms. The summed E-state index contributed by atoms with van der Waals surface area (Å²) in [5.41, 5.74) is 2.12. The SMILES string of the molecule is Cc1nc(N2CCN(Cc3ccc(F)cc3)C2=O)sc1C(=O)NCc1ccncn1. The highest BCUT2D eigenvalue weighted by Crippen LogP contribution is 2.29. The van der Waals surface area contributed by atoms with Crippen LogP contribution in [0.25, 0.3) is 0 Å². The Morgan fingerprint density at radius 2 is 2.03 bits per heavy atom. The lowest BCUT2D eigenvalue weighted by Crippen LogP contribution is -2.31. The fourth-order valence-corrected chi connectivity index (χ4v) is 4.10. The van der Waals surface area contributed by atoms with Crippen molar-refractivity contribution in [1.29, 1.82) is 0 Å². The van der Waals surface area contributed by atoms with Crippen molar-refractivity contribution in [3.05, 3.63) is 70.5 Å². The molecule has 0 aliphatic carbocycles. The van der Waals surface area contributed by atoms with E-state index >= 15 is 0 Å². The number of hydrogen-bond donors (Lipinski definition) is 1. The van der Waals surface area contributed by atoms with Crippen molar-refractivity contribution in [3.8, 4) is 0 Å². The number of amides is 3. The van der Waals surface area contributed by atoms with Crippen molar-refractivity contribution >= 4 is 28.4 Å². The first-order valence-corrected chi connectivity index (χ1v) is 10.1. The van der Waals surface area contributed by atoms with Crippen molar-refractivity contribution in [2.45, 2.75) is 20.0 Å². The summed E-state index contributed by atoms with van der Waals surface area (Å²) < 4.78 is 13.1. The maximum Gasteiger partial charge on any atom is 0.326 e. The summed E-state index contributed by atoms with van der Waals surface area (Å²) in [6.07, 6.45) is 3.04. The van der Waals surface area contributed by atoms with Crippen LogP contribution < -0.4 is 10.2 Å². The molecule has 1 N–H and O–H groups in total. The van der Waals surface area contributed by atoms with E-state index in [0.29, 0.717) is 41.0 Å². The van der Waals surface area contributed by atoms with Gasteiger partial charge in [-0.15, -0.1) is 0 Å². The van der Waals surface area contributed by atoms with E-state index < -0.39 is 0 Å². The van der Waals surface area contributed by atoms with E-state index in [-0.39, 0.29) is 24.3 Å². The van der Waals surface area contributed by atoms with Gasteiger partial charge in [-0.1, -0.05) is 23.5 Å². The van der Waals surface area contributed by atoms with Crippen molar-refractivity contribution in [1.82, 2.24) is 25.2 Å². The molecule has 4 rings (SSSR count). The molecule has 0 atom stereocenters. The predicted molar refractivity (Wildman–Crippen MR) is 110 cm³/mol. The van der Waals surface area contributed by atoms with Gasteiger partial charge in [0.1, 0.15) is 17.0 Å². The van der Waals surface area contributed by atoms with Crippen LogP contribution in [-0.4, -0.2) is 44.9 Å². The van der Waals surface area contributed by atoms with Crippen molar-refractivity contribution in [3.63, 3.8) is 0 Å². The molecule has 1 aliphatic heterocycles. The summed E-state index contributed by atoms with van der Waals surface area (Å²) in [5.74, 6) is -0.568. The molecule has 0 radical (unpaired) electrons. The molecule has 0 unspecified atom stereocenters. The lowest BCUT2D eigenvalue weighted by atomic mass is 10.2. The number of nitrogens with zero attached hydrogens (tertiary/aromatic N) is 5. The zero-order valence-electron chi connectivity index (χ0n) is 16.2. The van der Waals surface area contributed by atoms with Gasteiger partial charge in [-0.2, -0.15) is 0 Å². The lowest BCUT2D eigenvalue weighted by molar-refractivity contribution is 0.0953. The maximum absolute atomic E-state index is 13.1. The monoisotopic (exact) mass is 426 g/mol. The van der Waals surface area contributed by atoms with Crippen LogP contribution in [0, 0.1) is 12.7 Å². The molecule has 30 heavy (non-hydrogen) atoms. The van der Waals surface area contributed by atoms with E-state index in [0.717, 1.165) is 5.56 Å². The number of hydrogen-bond acceptors (Lipinski definition) is 6. The van der Waals surface area contributed by atoms with Gasteiger partial charge in [0, 0.05) is 25.8 Å². The summed E-state index contributed by atoms with van der Waals surface area (Å²) in [7, 11) is 0. The minimum atomic E-state index is -0.308. The van der Waals surface area contributed by atoms with Gasteiger partial charge in [-0.25, -0.2) is 24.1 Å². The summed E-state index contributed by atoms with van der Waals surface area (Å²) in [5, 5.41) is 3.31. The molecule has 8 nitrogen and oxygen atoms in total. The molecule has 3 amide bonds. The van der Waals surface area contributed by atoms with Gasteiger partial charge in [0.25, 0.3) is 5.91 Å². The first-order valence-electron chi connectivity index (χ1n) is 9.32. The van der Waals surface area contributed by atoms with Crippen LogP contribution in [0.4, 0.5) is 14.3 Å². The van der Waals surface area contributed by atoms with Gasteiger partial charge >= 0.3 is 6.03 Å². The van der Waals surface area contributed by atoms with Gasteiger partial charge in [-0.3, -0.25) is 9.69 Å².